The molecule has 0 radical (unpaired) electrons. The van der Waals surface area contributed by atoms with E-state index in [4.69, 9.17) is 0 Å². The van der Waals surface area contributed by atoms with Gasteiger partial charge >= 0.3 is 0 Å². The van der Waals surface area contributed by atoms with Gasteiger partial charge in [0.25, 0.3) is 0 Å². The smallest absolute Gasteiger partial charge is 0.229 e. The number of benzene rings is 1. The molecular formula is C13H15N3O2. The minimum absolute atomic E-state index is 0.0806. The lowest BCUT2D eigenvalue weighted by Crippen LogP contribution is -2.30. The molecule has 2 rings (SSSR count). The van der Waals surface area contributed by atoms with Gasteiger partial charge in [0.05, 0.1) is 6.42 Å². The highest BCUT2D eigenvalue weighted by atomic mass is 16.1. The average Bonchev–Trinajstić information content (AvgIpc) is 2.75. The lowest BCUT2D eigenvalue weighted by Gasteiger charge is -2.04. The summed E-state index contributed by atoms with van der Waals surface area (Å²) in [6.45, 7) is 0.837. The first-order valence-corrected chi connectivity index (χ1v) is 5.80. The number of nitrogens with zero attached hydrogens (tertiary/aromatic N) is 2. The number of hydrogen-bond acceptors (Lipinski definition) is 4. The molecule has 0 spiro atoms. The predicted octanol–water partition coefficient (Wildman–Crippen LogP) is 0.807. The van der Waals surface area contributed by atoms with E-state index in [1.54, 1.807) is 29.3 Å². The summed E-state index contributed by atoms with van der Waals surface area (Å²) in [5, 5.41) is 8.76. The van der Waals surface area contributed by atoms with E-state index < -0.39 is 0 Å². The van der Waals surface area contributed by atoms with Gasteiger partial charge in [0.15, 0.2) is 0 Å². The Bertz CT molecular complexity index is 480. The fourth-order valence-electron chi connectivity index (χ4n) is 1.77. The molecule has 94 valence electrons. The Labute approximate surface area is 105 Å². The third kappa shape index (κ3) is 3.16. The van der Waals surface area contributed by atoms with Crippen LogP contribution in [0.1, 0.15) is 22.3 Å². The Kier molecular flexibility index (Phi) is 3.72. The third-order valence-corrected chi connectivity index (χ3v) is 2.73. The summed E-state index contributed by atoms with van der Waals surface area (Å²) in [6.07, 6.45) is 1.85. The van der Waals surface area contributed by atoms with Crippen LogP contribution in [0.4, 0.5) is 0 Å². The molecule has 5 heteroatoms. The van der Waals surface area contributed by atoms with E-state index in [1.807, 2.05) is 7.05 Å². The van der Waals surface area contributed by atoms with E-state index >= 15 is 0 Å². The number of amides is 1. The normalized spacial score (nSPS) is 14.3. The van der Waals surface area contributed by atoms with Crippen molar-refractivity contribution in [3.05, 3.63) is 35.4 Å². The minimum Gasteiger partial charge on any atom is -0.312 e. The van der Waals surface area contributed by atoms with Gasteiger partial charge in [-0.05, 0) is 5.56 Å². The second-order valence-corrected chi connectivity index (χ2v) is 4.26. The van der Waals surface area contributed by atoms with Crippen LogP contribution in [0.25, 0.3) is 0 Å². The van der Waals surface area contributed by atoms with Crippen molar-refractivity contribution < 1.29 is 9.59 Å². The summed E-state index contributed by atoms with van der Waals surface area (Å²) >= 11 is 0. The van der Waals surface area contributed by atoms with Crippen molar-refractivity contribution in [3.63, 3.8) is 0 Å². The van der Waals surface area contributed by atoms with Crippen LogP contribution >= 0.6 is 0 Å². The SMILES string of the molecule is CN1CCC(NC(=O)Cc2ccc(C=O)cc2)=N1. The average molecular weight is 245 g/mol. The first kappa shape index (κ1) is 12.3. The molecule has 1 aliphatic rings. The summed E-state index contributed by atoms with van der Waals surface area (Å²) in [5.74, 6) is 0.634. The van der Waals surface area contributed by atoms with E-state index in [2.05, 4.69) is 10.4 Å². The van der Waals surface area contributed by atoms with E-state index in [0.717, 1.165) is 24.8 Å². The highest BCUT2D eigenvalue weighted by Gasteiger charge is 2.13. The number of hydrogen-bond donors (Lipinski definition) is 1. The number of hydrazone groups is 1. The van der Waals surface area contributed by atoms with Crippen LogP contribution in [0.2, 0.25) is 0 Å². The van der Waals surface area contributed by atoms with Gasteiger partial charge in [0.2, 0.25) is 5.91 Å². The first-order valence-electron chi connectivity index (χ1n) is 5.80. The summed E-state index contributed by atoms with van der Waals surface area (Å²) in [6, 6.07) is 6.98. The number of rotatable bonds is 3. The van der Waals surface area contributed by atoms with E-state index in [0.29, 0.717) is 17.8 Å². The summed E-state index contributed by atoms with van der Waals surface area (Å²) in [5.41, 5.74) is 1.49. The van der Waals surface area contributed by atoms with Gasteiger partial charge in [-0.2, -0.15) is 5.10 Å². The van der Waals surface area contributed by atoms with Crippen LogP contribution in [0.15, 0.2) is 29.4 Å². The molecule has 1 N–H and O–H groups in total. The minimum atomic E-state index is -0.0806. The van der Waals surface area contributed by atoms with Crippen molar-refractivity contribution in [2.75, 3.05) is 13.6 Å². The number of nitrogens with one attached hydrogen (secondary N) is 1. The number of amidine groups is 1. The van der Waals surface area contributed by atoms with Crippen LogP contribution in [0, 0.1) is 0 Å². The topological polar surface area (TPSA) is 61.8 Å². The van der Waals surface area contributed by atoms with Crippen molar-refractivity contribution in [1.29, 1.82) is 0 Å². The molecule has 0 aromatic heterocycles. The standard InChI is InChI=1S/C13H15N3O2/c1-16-7-6-12(15-16)14-13(18)8-10-2-4-11(9-17)5-3-10/h2-5,9H,6-8H2,1H3,(H,14,15,18). The molecule has 18 heavy (non-hydrogen) atoms. The summed E-state index contributed by atoms with van der Waals surface area (Å²) < 4.78 is 0. The third-order valence-electron chi connectivity index (χ3n) is 2.73. The van der Waals surface area contributed by atoms with E-state index in [9.17, 15) is 9.59 Å². The number of aldehydes is 1. The molecule has 1 amide bonds. The maximum Gasteiger partial charge on any atom is 0.229 e. The van der Waals surface area contributed by atoms with Crippen molar-refractivity contribution in [2.45, 2.75) is 12.8 Å². The molecule has 5 nitrogen and oxygen atoms in total. The predicted molar refractivity (Wildman–Crippen MR) is 68.4 cm³/mol. The summed E-state index contributed by atoms with van der Waals surface area (Å²) in [7, 11) is 1.87. The van der Waals surface area contributed by atoms with Crippen molar-refractivity contribution in [1.82, 2.24) is 10.3 Å². The van der Waals surface area contributed by atoms with Crippen LogP contribution in [-0.2, 0) is 11.2 Å². The fraction of sp³-hybridized carbons (Fsp3) is 0.308. The van der Waals surface area contributed by atoms with Gasteiger partial charge in [-0.15, -0.1) is 0 Å². The maximum atomic E-state index is 11.7. The Morgan fingerprint density at radius 2 is 2.17 bits per heavy atom. The lowest BCUT2D eigenvalue weighted by molar-refractivity contribution is -0.119. The molecule has 0 fully saturated rings. The Balaban J connectivity index is 1.90. The molecule has 1 heterocycles. The van der Waals surface area contributed by atoms with Gasteiger partial charge in [0.1, 0.15) is 12.1 Å². The molecule has 0 aliphatic carbocycles. The van der Waals surface area contributed by atoms with Gasteiger partial charge in [-0.1, -0.05) is 24.3 Å². The zero-order chi connectivity index (χ0) is 13.0. The molecule has 1 aromatic carbocycles. The summed E-state index contributed by atoms with van der Waals surface area (Å²) in [4.78, 5) is 22.3. The van der Waals surface area contributed by atoms with Gasteiger partial charge in [0, 0.05) is 25.6 Å². The number of carbonyl (C=O) groups is 2. The van der Waals surface area contributed by atoms with Crippen molar-refractivity contribution in [3.8, 4) is 0 Å². The Morgan fingerprint density at radius 1 is 1.44 bits per heavy atom. The quantitative estimate of drug-likeness (QED) is 0.801. The van der Waals surface area contributed by atoms with Gasteiger partial charge < -0.3 is 5.32 Å². The van der Waals surface area contributed by atoms with E-state index in [1.165, 1.54) is 0 Å². The second kappa shape index (κ2) is 5.44. The Hall–Kier alpha value is -2.17. The zero-order valence-corrected chi connectivity index (χ0v) is 10.2. The maximum absolute atomic E-state index is 11.7. The van der Waals surface area contributed by atoms with Crippen LogP contribution in [-0.4, -0.2) is 36.6 Å². The molecule has 0 bridgehead atoms. The lowest BCUT2D eigenvalue weighted by atomic mass is 10.1. The largest absolute Gasteiger partial charge is 0.312 e. The van der Waals surface area contributed by atoms with Gasteiger partial charge in [-0.25, -0.2) is 0 Å². The molecular weight excluding hydrogens is 230 g/mol. The Morgan fingerprint density at radius 3 is 2.72 bits per heavy atom. The zero-order valence-electron chi connectivity index (χ0n) is 10.2. The van der Waals surface area contributed by atoms with Crippen molar-refractivity contribution >= 4 is 18.0 Å². The highest BCUT2D eigenvalue weighted by Crippen LogP contribution is 2.04. The molecule has 1 aromatic rings. The highest BCUT2D eigenvalue weighted by molar-refractivity contribution is 5.99. The molecule has 0 atom stereocenters. The van der Waals surface area contributed by atoms with Crippen LogP contribution < -0.4 is 5.32 Å². The first-order chi connectivity index (χ1) is 8.67. The van der Waals surface area contributed by atoms with Crippen LogP contribution in [0.3, 0.4) is 0 Å². The monoisotopic (exact) mass is 245 g/mol. The van der Waals surface area contributed by atoms with E-state index in [-0.39, 0.29) is 5.91 Å². The number of carbonyl (C=O) groups excluding carboxylic acids is 2. The molecule has 0 unspecified atom stereocenters. The second-order valence-electron chi connectivity index (χ2n) is 4.26. The fourth-order valence-corrected chi connectivity index (χ4v) is 1.77. The molecule has 0 saturated carbocycles. The van der Waals surface area contributed by atoms with Crippen molar-refractivity contribution in [2.24, 2.45) is 5.10 Å². The molecule has 0 saturated heterocycles. The molecule has 1 aliphatic heterocycles. The van der Waals surface area contributed by atoms with Gasteiger partial charge in [-0.3, -0.25) is 14.6 Å². The van der Waals surface area contributed by atoms with Crippen LogP contribution in [0.5, 0.6) is 0 Å².